The van der Waals surface area contributed by atoms with Gasteiger partial charge in [-0.3, -0.25) is 0 Å². The number of hydrogen-bond acceptors (Lipinski definition) is 2. The molecule has 1 aromatic carbocycles. The number of hydrogen-bond donors (Lipinski definition) is 1. The molecule has 0 aliphatic heterocycles. The molecule has 20 heavy (non-hydrogen) atoms. The molecule has 0 bridgehead atoms. The van der Waals surface area contributed by atoms with Crippen LogP contribution in [0.5, 0.6) is 0 Å². The lowest BCUT2D eigenvalue weighted by Crippen LogP contribution is -2.51. The molecule has 1 fully saturated rings. The zero-order valence-electron chi connectivity index (χ0n) is 12.0. The molecular weight excluding hydrogens is 314 g/mol. The van der Waals surface area contributed by atoms with Gasteiger partial charge in [-0.15, -0.1) is 6.58 Å². The predicted octanol–water partition coefficient (Wildman–Crippen LogP) is 3.92. The fourth-order valence-electron chi connectivity index (χ4n) is 4.18. The predicted molar refractivity (Wildman–Crippen MR) is 85.6 cm³/mol. The topological polar surface area (TPSA) is 35.2 Å². The van der Waals surface area contributed by atoms with Crippen molar-refractivity contribution in [2.45, 2.75) is 43.7 Å². The Bertz CT molecular complexity index is 534. The first-order valence-electron chi connectivity index (χ1n) is 7.29. The van der Waals surface area contributed by atoms with Gasteiger partial charge in [0.2, 0.25) is 0 Å². The van der Waals surface area contributed by atoms with Crippen molar-refractivity contribution in [2.24, 2.45) is 11.1 Å². The Balaban J connectivity index is 2.01. The van der Waals surface area contributed by atoms with Crippen molar-refractivity contribution in [2.75, 3.05) is 7.11 Å². The quantitative estimate of drug-likeness (QED) is 0.831. The van der Waals surface area contributed by atoms with Crippen LogP contribution in [0.25, 0.3) is 0 Å². The fraction of sp³-hybridized carbons (Fsp3) is 0.529. The average Bonchev–Trinajstić information content (AvgIpc) is 2.70. The number of benzene rings is 1. The number of nitrogens with two attached hydrogens (primary N) is 1. The highest BCUT2D eigenvalue weighted by Gasteiger charge is 2.54. The Morgan fingerprint density at radius 2 is 2.10 bits per heavy atom. The summed E-state index contributed by atoms with van der Waals surface area (Å²) in [4.78, 5) is 0. The molecule has 2 nitrogen and oxygen atoms in total. The van der Waals surface area contributed by atoms with E-state index in [9.17, 15) is 0 Å². The van der Waals surface area contributed by atoms with Gasteiger partial charge >= 0.3 is 0 Å². The lowest BCUT2D eigenvalue weighted by molar-refractivity contribution is 0.00729. The molecule has 0 radical (unpaired) electrons. The summed E-state index contributed by atoms with van der Waals surface area (Å²) in [6.07, 6.45) is 7.84. The third kappa shape index (κ3) is 1.91. The van der Waals surface area contributed by atoms with E-state index in [1.54, 1.807) is 0 Å². The smallest absolute Gasteiger partial charge is 0.0656 e. The molecule has 0 saturated heterocycles. The van der Waals surface area contributed by atoms with Crippen molar-refractivity contribution in [3.05, 3.63) is 46.5 Å². The molecule has 0 amide bonds. The second kappa shape index (κ2) is 4.97. The first-order valence-corrected chi connectivity index (χ1v) is 8.08. The molecule has 108 valence electrons. The van der Waals surface area contributed by atoms with Crippen LogP contribution in [0.1, 0.15) is 36.8 Å². The monoisotopic (exact) mass is 335 g/mol. The molecule has 2 aliphatic rings. The number of ether oxygens (including phenoxy) is 1. The minimum absolute atomic E-state index is 0.118. The van der Waals surface area contributed by atoms with Crippen LogP contribution in [0.2, 0.25) is 0 Å². The van der Waals surface area contributed by atoms with Crippen LogP contribution in [0.15, 0.2) is 35.3 Å². The molecule has 0 heterocycles. The van der Waals surface area contributed by atoms with Gasteiger partial charge in [-0.05, 0) is 55.4 Å². The van der Waals surface area contributed by atoms with Crippen molar-refractivity contribution < 1.29 is 4.74 Å². The highest BCUT2D eigenvalue weighted by atomic mass is 79.9. The highest BCUT2D eigenvalue weighted by molar-refractivity contribution is 9.10. The summed E-state index contributed by atoms with van der Waals surface area (Å²) in [5.41, 5.74) is 9.19. The maximum Gasteiger partial charge on any atom is 0.0656 e. The van der Waals surface area contributed by atoms with E-state index >= 15 is 0 Å². The van der Waals surface area contributed by atoms with E-state index in [0.717, 1.165) is 36.6 Å². The summed E-state index contributed by atoms with van der Waals surface area (Å²) in [7, 11) is 1.81. The first-order chi connectivity index (χ1) is 9.54. The number of halogens is 1. The summed E-state index contributed by atoms with van der Waals surface area (Å²) < 4.78 is 6.61. The van der Waals surface area contributed by atoms with Crippen LogP contribution in [-0.4, -0.2) is 13.2 Å². The van der Waals surface area contributed by atoms with Gasteiger partial charge < -0.3 is 10.5 Å². The SMILES string of the molecule is C=CC1(N)c2cc(Br)ccc2CC12CCC(OC)CC2. The van der Waals surface area contributed by atoms with Gasteiger partial charge in [0.15, 0.2) is 0 Å². The van der Waals surface area contributed by atoms with Crippen LogP contribution in [0.4, 0.5) is 0 Å². The van der Waals surface area contributed by atoms with Crippen LogP contribution in [0.3, 0.4) is 0 Å². The van der Waals surface area contributed by atoms with E-state index in [1.165, 1.54) is 11.1 Å². The largest absolute Gasteiger partial charge is 0.381 e. The summed E-state index contributed by atoms with van der Waals surface area (Å²) in [6.45, 7) is 4.06. The Labute approximate surface area is 129 Å². The van der Waals surface area contributed by atoms with Crippen molar-refractivity contribution in [3.63, 3.8) is 0 Å². The summed E-state index contributed by atoms with van der Waals surface area (Å²) >= 11 is 3.57. The Hall–Kier alpha value is -0.640. The minimum Gasteiger partial charge on any atom is -0.381 e. The van der Waals surface area contributed by atoms with Crippen molar-refractivity contribution in [1.82, 2.24) is 0 Å². The third-order valence-corrected chi connectivity index (χ3v) is 5.96. The van der Waals surface area contributed by atoms with E-state index in [0.29, 0.717) is 6.10 Å². The van der Waals surface area contributed by atoms with E-state index in [1.807, 2.05) is 13.2 Å². The third-order valence-electron chi connectivity index (χ3n) is 5.47. The lowest BCUT2D eigenvalue weighted by Gasteiger charge is -2.46. The molecule has 0 aromatic heterocycles. The van der Waals surface area contributed by atoms with Gasteiger partial charge in [0.25, 0.3) is 0 Å². The van der Waals surface area contributed by atoms with Gasteiger partial charge in [0.1, 0.15) is 0 Å². The molecule has 1 unspecified atom stereocenters. The fourth-order valence-corrected chi connectivity index (χ4v) is 4.54. The molecule has 1 atom stereocenters. The van der Waals surface area contributed by atoms with Crippen LogP contribution >= 0.6 is 15.9 Å². The van der Waals surface area contributed by atoms with Gasteiger partial charge in [-0.2, -0.15) is 0 Å². The van der Waals surface area contributed by atoms with Crippen molar-refractivity contribution in [1.29, 1.82) is 0 Å². The molecule has 3 heteroatoms. The molecule has 3 rings (SSSR count). The summed E-state index contributed by atoms with van der Waals surface area (Å²) in [5.74, 6) is 0. The van der Waals surface area contributed by atoms with Crippen molar-refractivity contribution >= 4 is 15.9 Å². The van der Waals surface area contributed by atoms with E-state index in [2.05, 4.69) is 40.7 Å². The molecule has 1 spiro atoms. The maximum absolute atomic E-state index is 6.86. The zero-order valence-corrected chi connectivity index (χ0v) is 13.6. The second-order valence-electron chi connectivity index (χ2n) is 6.27. The molecule has 1 saturated carbocycles. The van der Waals surface area contributed by atoms with Gasteiger partial charge in [0.05, 0.1) is 11.6 Å². The summed E-state index contributed by atoms with van der Waals surface area (Å²) in [6, 6.07) is 6.50. The van der Waals surface area contributed by atoms with E-state index < -0.39 is 5.54 Å². The molecular formula is C17H22BrNO. The standard InChI is InChI=1S/C17H22BrNO/c1-3-17(19)15-10-13(18)5-4-12(15)11-16(17)8-6-14(20-2)7-9-16/h3-5,10,14H,1,6-9,11,19H2,2H3. The van der Waals surface area contributed by atoms with E-state index in [-0.39, 0.29) is 5.41 Å². The molecule has 1 aromatic rings. The molecule has 2 aliphatic carbocycles. The Kier molecular flexibility index (Phi) is 3.56. The van der Waals surface area contributed by atoms with Crippen LogP contribution in [0, 0.1) is 5.41 Å². The lowest BCUT2D eigenvalue weighted by atomic mass is 9.62. The second-order valence-corrected chi connectivity index (χ2v) is 7.18. The number of methoxy groups -OCH3 is 1. The average molecular weight is 336 g/mol. The minimum atomic E-state index is -0.412. The van der Waals surface area contributed by atoms with Gasteiger partial charge in [-0.1, -0.05) is 28.1 Å². The Morgan fingerprint density at radius 1 is 1.40 bits per heavy atom. The van der Waals surface area contributed by atoms with Gasteiger partial charge in [-0.25, -0.2) is 0 Å². The molecule has 2 N–H and O–H groups in total. The summed E-state index contributed by atoms with van der Waals surface area (Å²) in [5, 5.41) is 0. The van der Waals surface area contributed by atoms with Crippen molar-refractivity contribution in [3.8, 4) is 0 Å². The van der Waals surface area contributed by atoms with Crippen LogP contribution in [-0.2, 0) is 16.7 Å². The first kappa shape index (κ1) is 14.3. The number of fused-ring (bicyclic) bond motifs is 1. The number of rotatable bonds is 2. The van der Waals surface area contributed by atoms with Crippen LogP contribution < -0.4 is 5.73 Å². The van der Waals surface area contributed by atoms with E-state index in [4.69, 9.17) is 10.5 Å². The maximum atomic E-state index is 6.86. The highest BCUT2D eigenvalue weighted by Crippen LogP contribution is 2.57. The Morgan fingerprint density at radius 3 is 2.70 bits per heavy atom. The normalized spacial score (nSPS) is 36.0. The zero-order chi connectivity index (χ0) is 14.4. The van der Waals surface area contributed by atoms with Gasteiger partial charge in [0, 0.05) is 17.0 Å².